The minimum atomic E-state index is -0.563. The molecule has 2 heterocycles. The highest BCUT2D eigenvalue weighted by molar-refractivity contribution is 7.09. The Kier molecular flexibility index (Phi) is 6.02. The Morgan fingerprint density at radius 1 is 1.15 bits per heavy atom. The molecule has 0 aromatic carbocycles. The SMILES string of the molecule is CC(C)n1cc(C(=O)NCc2cccs2)c(=O)c(C(=O)NC(C)(C)C)c1. The number of carbonyl (C=O) groups is 2. The quantitative estimate of drug-likeness (QED) is 0.843. The third kappa shape index (κ3) is 5.05. The molecule has 0 aliphatic carbocycles. The number of hydrogen-bond acceptors (Lipinski definition) is 4. The van der Waals surface area contributed by atoms with Gasteiger partial charge in [-0.15, -0.1) is 11.3 Å². The van der Waals surface area contributed by atoms with Crippen LogP contribution in [0.5, 0.6) is 0 Å². The van der Waals surface area contributed by atoms with Gasteiger partial charge in [0.05, 0.1) is 6.54 Å². The van der Waals surface area contributed by atoms with Gasteiger partial charge in [0.2, 0.25) is 5.43 Å². The highest BCUT2D eigenvalue weighted by Gasteiger charge is 2.22. The Morgan fingerprint density at radius 2 is 1.77 bits per heavy atom. The molecule has 0 aliphatic heterocycles. The van der Waals surface area contributed by atoms with Crippen molar-refractivity contribution in [3.05, 3.63) is 56.1 Å². The molecule has 0 saturated carbocycles. The number of thiophene rings is 1. The maximum absolute atomic E-state index is 12.7. The van der Waals surface area contributed by atoms with Crippen molar-refractivity contribution in [3.63, 3.8) is 0 Å². The largest absolute Gasteiger partial charge is 0.350 e. The van der Waals surface area contributed by atoms with E-state index in [0.717, 1.165) is 4.88 Å². The van der Waals surface area contributed by atoms with Gasteiger partial charge in [-0.1, -0.05) is 6.07 Å². The molecular weight excluding hydrogens is 350 g/mol. The fourth-order valence-corrected chi connectivity index (χ4v) is 2.95. The molecule has 0 aliphatic rings. The zero-order chi connectivity index (χ0) is 19.5. The summed E-state index contributed by atoms with van der Waals surface area (Å²) < 4.78 is 1.71. The van der Waals surface area contributed by atoms with Crippen molar-refractivity contribution in [3.8, 4) is 0 Å². The summed E-state index contributed by atoms with van der Waals surface area (Å²) >= 11 is 1.52. The van der Waals surface area contributed by atoms with Gasteiger partial charge in [0.25, 0.3) is 11.8 Å². The maximum atomic E-state index is 12.7. The molecule has 0 fully saturated rings. The Morgan fingerprint density at radius 3 is 2.27 bits per heavy atom. The predicted octanol–water partition coefficient (Wildman–Crippen LogP) is 2.95. The standard InChI is InChI=1S/C19H25N3O3S/c1-12(2)22-10-14(17(24)20-9-13-7-6-8-26-13)16(23)15(11-22)18(25)21-19(3,4)5/h6-8,10-12H,9H2,1-5H3,(H,20,24)(H,21,25). The lowest BCUT2D eigenvalue weighted by atomic mass is 10.1. The van der Waals surface area contributed by atoms with Crippen molar-refractivity contribution in [1.82, 2.24) is 15.2 Å². The van der Waals surface area contributed by atoms with Crippen LogP contribution < -0.4 is 16.1 Å². The summed E-state index contributed by atoms with van der Waals surface area (Å²) in [4.78, 5) is 38.8. The van der Waals surface area contributed by atoms with E-state index in [4.69, 9.17) is 0 Å². The van der Waals surface area contributed by atoms with Gasteiger partial charge in [-0.3, -0.25) is 14.4 Å². The van der Waals surface area contributed by atoms with Crippen LogP contribution in [-0.2, 0) is 6.54 Å². The van der Waals surface area contributed by atoms with Crippen molar-refractivity contribution in [1.29, 1.82) is 0 Å². The third-order valence-electron chi connectivity index (χ3n) is 3.62. The van der Waals surface area contributed by atoms with E-state index in [-0.39, 0.29) is 17.2 Å². The maximum Gasteiger partial charge on any atom is 0.257 e. The zero-order valence-electron chi connectivity index (χ0n) is 15.8. The number of carbonyl (C=O) groups excluding carboxylic acids is 2. The van der Waals surface area contributed by atoms with Crippen LogP contribution in [0.2, 0.25) is 0 Å². The molecule has 0 spiro atoms. The molecule has 0 bridgehead atoms. The fraction of sp³-hybridized carbons (Fsp3) is 0.421. The number of nitrogens with zero attached hydrogens (tertiary/aromatic N) is 1. The summed E-state index contributed by atoms with van der Waals surface area (Å²) in [6, 6.07) is 3.81. The lowest BCUT2D eigenvalue weighted by Gasteiger charge is -2.21. The van der Waals surface area contributed by atoms with Gasteiger partial charge in [-0.2, -0.15) is 0 Å². The van der Waals surface area contributed by atoms with Crippen LogP contribution in [0.4, 0.5) is 0 Å². The van der Waals surface area contributed by atoms with E-state index < -0.39 is 22.8 Å². The predicted molar refractivity (Wildman–Crippen MR) is 104 cm³/mol. The number of amides is 2. The normalized spacial score (nSPS) is 11.5. The average Bonchev–Trinajstić information content (AvgIpc) is 3.04. The van der Waals surface area contributed by atoms with Crippen molar-refractivity contribution in [2.75, 3.05) is 0 Å². The molecule has 0 atom stereocenters. The first kappa shape index (κ1) is 19.9. The van der Waals surface area contributed by atoms with Gasteiger partial charge in [0.1, 0.15) is 11.1 Å². The van der Waals surface area contributed by atoms with Gasteiger partial charge in [-0.05, 0) is 46.1 Å². The summed E-state index contributed by atoms with van der Waals surface area (Å²) in [5.74, 6) is -0.965. The topological polar surface area (TPSA) is 80.2 Å². The molecule has 2 aromatic heterocycles. The van der Waals surface area contributed by atoms with Crippen LogP contribution in [0.25, 0.3) is 0 Å². The first-order chi connectivity index (χ1) is 12.1. The van der Waals surface area contributed by atoms with E-state index in [2.05, 4.69) is 10.6 Å². The molecule has 7 heteroatoms. The zero-order valence-corrected chi connectivity index (χ0v) is 16.6. The van der Waals surface area contributed by atoms with E-state index in [1.807, 2.05) is 52.1 Å². The summed E-state index contributed by atoms with van der Waals surface area (Å²) in [6.45, 7) is 9.69. The highest BCUT2D eigenvalue weighted by Crippen LogP contribution is 2.10. The molecule has 2 amide bonds. The van der Waals surface area contributed by atoms with Gasteiger partial charge in [-0.25, -0.2) is 0 Å². The Hall–Kier alpha value is -2.41. The number of pyridine rings is 1. The number of nitrogens with one attached hydrogen (secondary N) is 2. The van der Waals surface area contributed by atoms with Crippen LogP contribution in [0.3, 0.4) is 0 Å². The molecule has 6 nitrogen and oxygen atoms in total. The second kappa shape index (κ2) is 7.86. The lowest BCUT2D eigenvalue weighted by molar-refractivity contribution is 0.0917. The fourth-order valence-electron chi connectivity index (χ4n) is 2.30. The van der Waals surface area contributed by atoms with Crippen LogP contribution in [0.15, 0.2) is 34.7 Å². The third-order valence-corrected chi connectivity index (χ3v) is 4.50. The molecule has 0 radical (unpaired) electrons. The molecule has 0 saturated heterocycles. The van der Waals surface area contributed by atoms with Crippen molar-refractivity contribution < 1.29 is 9.59 Å². The highest BCUT2D eigenvalue weighted by atomic mass is 32.1. The van der Waals surface area contributed by atoms with Crippen molar-refractivity contribution >= 4 is 23.2 Å². The smallest absolute Gasteiger partial charge is 0.257 e. The van der Waals surface area contributed by atoms with Gasteiger partial charge < -0.3 is 15.2 Å². The number of rotatable bonds is 5. The average molecular weight is 375 g/mol. The minimum Gasteiger partial charge on any atom is -0.350 e. The molecule has 26 heavy (non-hydrogen) atoms. The van der Waals surface area contributed by atoms with Gasteiger partial charge >= 0.3 is 0 Å². The summed E-state index contributed by atoms with van der Waals surface area (Å²) in [7, 11) is 0. The van der Waals surface area contributed by atoms with E-state index in [1.54, 1.807) is 4.57 Å². The molecule has 2 rings (SSSR count). The van der Waals surface area contributed by atoms with E-state index in [9.17, 15) is 14.4 Å². The Bertz CT molecular complexity index is 846. The second-order valence-corrected chi connectivity index (χ2v) is 8.45. The molecule has 2 aromatic rings. The first-order valence-electron chi connectivity index (χ1n) is 8.47. The van der Waals surface area contributed by atoms with E-state index >= 15 is 0 Å². The molecule has 2 N–H and O–H groups in total. The van der Waals surface area contributed by atoms with Crippen LogP contribution in [0, 0.1) is 0 Å². The Labute approximate surface area is 157 Å². The van der Waals surface area contributed by atoms with Crippen LogP contribution in [0.1, 0.15) is 66.3 Å². The first-order valence-corrected chi connectivity index (χ1v) is 9.35. The van der Waals surface area contributed by atoms with Crippen LogP contribution >= 0.6 is 11.3 Å². The number of aromatic nitrogens is 1. The van der Waals surface area contributed by atoms with E-state index in [1.165, 1.54) is 23.7 Å². The van der Waals surface area contributed by atoms with Crippen molar-refractivity contribution in [2.45, 2.75) is 52.7 Å². The van der Waals surface area contributed by atoms with Gasteiger partial charge in [0.15, 0.2) is 0 Å². The monoisotopic (exact) mass is 375 g/mol. The van der Waals surface area contributed by atoms with Crippen LogP contribution in [-0.4, -0.2) is 21.9 Å². The van der Waals surface area contributed by atoms with E-state index in [0.29, 0.717) is 6.54 Å². The molecule has 0 unspecified atom stereocenters. The van der Waals surface area contributed by atoms with Crippen molar-refractivity contribution in [2.24, 2.45) is 0 Å². The molecule has 140 valence electrons. The van der Waals surface area contributed by atoms with Gasteiger partial charge in [0, 0.05) is 28.9 Å². The summed E-state index contributed by atoms with van der Waals surface area (Å²) in [6.07, 6.45) is 3.01. The number of hydrogen-bond donors (Lipinski definition) is 2. The Balaban J connectivity index is 2.37. The summed E-state index contributed by atoms with van der Waals surface area (Å²) in [5, 5.41) is 7.45. The molecular formula is C19H25N3O3S. The minimum absolute atomic E-state index is 0.000586. The lowest BCUT2D eigenvalue weighted by Crippen LogP contribution is -2.43. The summed E-state index contributed by atoms with van der Waals surface area (Å²) in [5.41, 5.74) is -1.11. The second-order valence-electron chi connectivity index (χ2n) is 7.42.